The molecular weight excluding hydrogens is 456 g/mol. The number of benzene rings is 2. The topological polar surface area (TPSA) is 87.8 Å². The third-order valence-corrected chi connectivity index (χ3v) is 4.96. The molecule has 8 nitrogen and oxygen atoms in total. The summed E-state index contributed by atoms with van der Waals surface area (Å²) < 4.78 is 13.2. The lowest BCUT2D eigenvalue weighted by Gasteiger charge is -2.19. The molecule has 0 aliphatic rings. The van der Waals surface area contributed by atoms with E-state index in [-0.39, 0.29) is 12.6 Å². The van der Waals surface area contributed by atoms with Gasteiger partial charge in [0.05, 0.1) is 23.0 Å². The zero-order valence-electron chi connectivity index (χ0n) is 20.7. The van der Waals surface area contributed by atoms with Gasteiger partial charge in [0.1, 0.15) is 18.0 Å². The molecular formula is C28H28N4O4. The van der Waals surface area contributed by atoms with E-state index >= 15 is 0 Å². The number of ether oxygens (including phenoxy) is 2. The van der Waals surface area contributed by atoms with Gasteiger partial charge < -0.3 is 14.3 Å². The van der Waals surface area contributed by atoms with Crippen LogP contribution in [0.5, 0.6) is 11.6 Å². The largest absolute Gasteiger partial charge is 0.456 e. The highest BCUT2D eigenvalue weighted by Gasteiger charge is 2.19. The molecule has 0 aliphatic carbocycles. The molecule has 184 valence electrons. The van der Waals surface area contributed by atoms with Crippen molar-refractivity contribution in [3.63, 3.8) is 0 Å². The van der Waals surface area contributed by atoms with E-state index in [0.29, 0.717) is 34.3 Å². The number of hydrogen-bond donors (Lipinski definition) is 0. The number of nitrogens with zero attached hydrogens (tertiary/aromatic N) is 4. The molecule has 0 saturated carbocycles. The molecule has 2 aromatic heterocycles. The molecule has 2 aromatic carbocycles. The standard InChI is InChI=1S/C28H28N4O4/c1-20-24(18-30-34-19-21-13-15-22(16-14-21)27(33)36-28(2,3)4)26(35-23-10-6-5-7-11-23)32(31-20)25-12-8-9-17-29-25/h5-18H,19H2,1-4H3/b30-18+. The molecule has 0 saturated heterocycles. The smallest absolute Gasteiger partial charge is 0.338 e. The molecule has 0 N–H and O–H groups in total. The SMILES string of the molecule is Cc1nn(-c2ccccn2)c(Oc2ccccc2)c1/C=N/OCc1ccc(C(=O)OC(C)(C)C)cc1. The van der Waals surface area contributed by atoms with Crippen molar-refractivity contribution >= 4 is 12.2 Å². The Kier molecular flexibility index (Phi) is 7.44. The Balaban J connectivity index is 1.49. The zero-order chi connectivity index (χ0) is 25.5. The Labute approximate surface area is 210 Å². The molecule has 0 aliphatic heterocycles. The molecule has 4 aromatic rings. The van der Waals surface area contributed by atoms with Crippen molar-refractivity contribution in [2.24, 2.45) is 5.16 Å². The van der Waals surface area contributed by atoms with E-state index in [1.807, 2.05) is 88.4 Å². The van der Waals surface area contributed by atoms with Gasteiger partial charge in [-0.2, -0.15) is 9.78 Å². The van der Waals surface area contributed by atoms with Crippen molar-refractivity contribution < 1.29 is 19.1 Å². The number of pyridine rings is 1. The molecule has 0 unspecified atom stereocenters. The summed E-state index contributed by atoms with van der Waals surface area (Å²) in [6, 6.07) is 22.1. The van der Waals surface area contributed by atoms with E-state index in [9.17, 15) is 4.79 Å². The van der Waals surface area contributed by atoms with Crippen LogP contribution in [0.25, 0.3) is 5.82 Å². The lowest BCUT2D eigenvalue weighted by atomic mass is 10.1. The lowest BCUT2D eigenvalue weighted by molar-refractivity contribution is 0.00694. The molecule has 4 rings (SSSR count). The average molecular weight is 485 g/mol. The minimum atomic E-state index is -0.542. The number of carbonyl (C=O) groups is 1. The summed E-state index contributed by atoms with van der Waals surface area (Å²) in [7, 11) is 0. The van der Waals surface area contributed by atoms with Crippen LogP contribution in [0, 0.1) is 6.92 Å². The molecule has 0 amide bonds. The van der Waals surface area contributed by atoms with E-state index in [4.69, 9.17) is 14.3 Å². The first-order chi connectivity index (χ1) is 17.3. The Morgan fingerprint density at radius 3 is 2.39 bits per heavy atom. The summed E-state index contributed by atoms with van der Waals surface area (Å²) >= 11 is 0. The minimum Gasteiger partial charge on any atom is -0.456 e. The first-order valence-corrected chi connectivity index (χ1v) is 11.5. The summed E-state index contributed by atoms with van der Waals surface area (Å²) in [4.78, 5) is 22.1. The van der Waals surface area contributed by atoms with Crippen LogP contribution in [0.2, 0.25) is 0 Å². The third kappa shape index (κ3) is 6.35. The highest BCUT2D eigenvalue weighted by molar-refractivity contribution is 5.89. The normalized spacial score (nSPS) is 11.4. The van der Waals surface area contributed by atoms with Gasteiger partial charge in [0.15, 0.2) is 5.82 Å². The summed E-state index contributed by atoms with van der Waals surface area (Å²) in [5, 5.41) is 8.75. The van der Waals surface area contributed by atoms with E-state index in [1.165, 1.54) is 0 Å². The molecule has 0 fully saturated rings. The van der Waals surface area contributed by atoms with Crippen molar-refractivity contribution in [2.75, 3.05) is 0 Å². The summed E-state index contributed by atoms with van der Waals surface area (Å²) in [5.74, 6) is 1.40. The van der Waals surface area contributed by atoms with Crippen LogP contribution in [-0.2, 0) is 16.2 Å². The Morgan fingerprint density at radius 2 is 1.72 bits per heavy atom. The number of carbonyl (C=O) groups excluding carboxylic acids is 1. The number of aryl methyl sites for hydroxylation is 1. The van der Waals surface area contributed by atoms with Crippen molar-refractivity contribution in [3.05, 3.63) is 101 Å². The van der Waals surface area contributed by atoms with Crippen LogP contribution in [0.1, 0.15) is 48.0 Å². The zero-order valence-corrected chi connectivity index (χ0v) is 20.7. The third-order valence-electron chi connectivity index (χ3n) is 4.96. The molecule has 8 heteroatoms. The maximum atomic E-state index is 12.2. The van der Waals surface area contributed by atoms with E-state index < -0.39 is 5.60 Å². The molecule has 36 heavy (non-hydrogen) atoms. The van der Waals surface area contributed by atoms with Gasteiger partial charge in [-0.3, -0.25) is 0 Å². The monoisotopic (exact) mass is 484 g/mol. The number of oxime groups is 1. The predicted octanol–water partition coefficient (Wildman–Crippen LogP) is 5.87. The quantitative estimate of drug-likeness (QED) is 0.176. The van der Waals surface area contributed by atoms with Gasteiger partial charge in [-0.15, -0.1) is 0 Å². The Hall–Kier alpha value is -4.46. The molecule has 2 heterocycles. The minimum absolute atomic E-state index is 0.230. The molecule has 0 radical (unpaired) electrons. The van der Waals surface area contributed by atoms with Gasteiger partial charge >= 0.3 is 5.97 Å². The summed E-state index contributed by atoms with van der Waals surface area (Å²) in [6.07, 6.45) is 3.28. The fourth-order valence-electron chi connectivity index (χ4n) is 3.28. The Morgan fingerprint density at radius 1 is 1.00 bits per heavy atom. The van der Waals surface area contributed by atoms with Crippen LogP contribution in [0.15, 0.2) is 84.1 Å². The van der Waals surface area contributed by atoms with Gasteiger partial charge in [0.25, 0.3) is 0 Å². The van der Waals surface area contributed by atoms with Crippen LogP contribution < -0.4 is 4.74 Å². The van der Waals surface area contributed by atoms with Gasteiger partial charge in [0.2, 0.25) is 5.88 Å². The number of rotatable bonds is 8. The van der Waals surface area contributed by atoms with Crippen molar-refractivity contribution in [3.8, 4) is 17.4 Å². The maximum Gasteiger partial charge on any atom is 0.338 e. The fourth-order valence-corrected chi connectivity index (χ4v) is 3.28. The lowest BCUT2D eigenvalue weighted by Crippen LogP contribution is -2.23. The van der Waals surface area contributed by atoms with Crippen LogP contribution >= 0.6 is 0 Å². The maximum absolute atomic E-state index is 12.2. The molecule has 0 spiro atoms. The van der Waals surface area contributed by atoms with Crippen molar-refractivity contribution in [2.45, 2.75) is 39.9 Å². The van der Waals surface area contributed by atoms with Crippen molar-refractivity contribution in [1.82, 2.24) is 14.8 Å². The number of para-hydroxylation sites is 1. The molecule has 0 atom stereocenters. The highest BCUT2D eigenvalue weighted by atomic mass is 16.6. The van der Waals surface area contributed by atoms with Gasteiger partial charge in [0, 0.05) is 6.20 Å². The van der Waals surface area contributed by atoms with E-state index in [0.717, 1.165) is 5.56 Å². The number of aromatic nitrogens is 3. The van der Waals surface area contributed by atoms with E-state index in [2.05, 4.69) is 15.2 Å². The highest BCUT2D eigenvalue weighted by Crippen LogP contribution is 2.29. The number of hydrogen-bond acceptors (Lipinski definition) is 7. The number of esters is 1. The van der Waals surface area contributed by atoms with Gasteiger partial charge in [-0.05, 0) is 69.7 Å². The summed E-state index contributed by atoms with van der Waals surface area (Å²) in [6.45, 7) is 7.61. The molecule has 0 bridgehead atoms. The average Bonchev–Trinajstić information content (AvgIpc) is 3.17. The van der Waals surface area contributed by atoms with Crippen LogP contribution in [0.3, 0.4) is 0 Å². The van der Waals surface area contributed by atoms with Gasteiger partial charge in [-0.25, -0.2) is 9.78 Å². The van der Waals surface area contributed by atoms with Crippen LogP contribution in [0.4, 0.5) is 0 Å². The first kappa shape index (κ1) is 24.7. The van der Waals surface area contributed by atoms with Gasteiger partial charge in [-0.1, -0.05) is 41.6 Å². The van der Waals surface area contributed by atoms with Crippen molar-refractivity contribution in [1.29, 1.82) is 0 Å². The second kappa shape index (κ2) is 10.9. The first-order valence-electron chi connectivity index (χ1n) is 11.5. The fraction of sp³-hybridized carbons (Fsp3) is 0.214. The Bertz CT molecular complexity index is 1330. The predicted molar refractivity (Wildman–Crippen MR) is 137 cm³/mol. The van der Waals surface area contributed by atoms with Crippen LogP contribution in [-0.4, -0.2) is 32.5 Å². The van der Waals surface area contributed by atoms with E-state index in [1.54, 1.807) is 29.2 Å². The second-order valence-corrected chi connectivity index (χ2v) is 9.03. The second-order valence-electron chi connectivity index (χ2n) is 9.03. The summed E-state index contributed by atoms with van der Waals surface area (Å²) in [5.41, 5.74) is 2.18.